The number of aryl methyl sites for hydroxylation is 1. The first-order valence-electron chi connectivity index (χ1n) is 10.4. The number of hydrogen-bond donors (Lipinski definition) is 3. The van der Waals surface area contributed by atoms with E-state index in [9.17, 15) is 9.59 Å². The van der Waals surface area contributed by atoms with E-state index in [0.717, 1.165) is 53.5 Å². The monoisotopic (exact) mass is 403 g/mol. The molecule has 4 heterocycles. The number of aromatic amines is 1. The van der Waals surface area contributed by atoms with Crippen LogP contribution < -0.4 is 11.1 Å². The van der Waals surface area contributed by atoms with Gasteiger partial charge in [-0.25, -0.2) is 4.98 Å². The molecular formula is C23H25N5O2. The summed E-state index contributed by atoms with van der Waals surface area (Å²) in [5.74, 6) is -0.376. The van der Waals surface area contributed by atoms with Crippen molar-refractivity contribution in [3.63, 3.8) is 0 Å². The molecule has 2 bridgehead atoms. The number of rotatable bonds is 4. The summed E-state index contributed by atoms with van der Waals surface area (Å²) in [5.41, 5.74) is 9.35. The third-order valence-corrected chi connectivity index (χ3v) is 6.47. The van der Waals surface area contributed by atoms with Gasteiger partial charge in [0.25, 0.3) is 11.8 Å². The highest BCUT2D eigenvalue weighted by Crippen LogP contribution is 2.39. The molecule has 2 aromatic heterocycles. The Balaban J connectivity index is 1.38. The number of amides is 2. The molecule has 0 aliphatic carbocycles. The van der Waals surface area contributed by atoms with Crippen LogP contribution in [0, 0.1) is 6.92 Å². The number of nitrogens with two attached hydrogens (primary N) is 1. The van der Waals surface area contributed by atoms with Gasteiger partial charge in [0.1, 0.15) is 5.65 Å². The maximum Gasteiger partial charge on any atom is 0.254 e. The molecule has 0 radical (unpaired) electrons. The second-order valence-corrected chi connectivity index (χ2v) is 8.43. The lowest BCUT2D eigenvalue weighted by molar-refractivity contribution is 0.0583. The second-order valence-electron chi connectivity index (χ2n) is 8.43. The van der Waals surface area contributed by atoms with Gasteiger partial charge in [0.15, 0.2) is 0 Å². The van der Waals surface area contributed by atoms with Crippen molar-refractivity contribution in [3.8, 4) is 0 Å². The number of carbonyl (C=O) groups excluding carboxylic acids is 2. The number of carbonyl (C=O) groups is 2. The average molecular weight is 403 g/mol. The number of nitrogens with zero attached hydrogens (tertiary/aromatic N) is 2. The van der Waals surface area contributed by atoms with E-state index >= 15 is 0 Å². The van der Waals surface area contributed by atoms with Gasteiger partial charge in [0.05, 0.1) is 11.3 Å². The summed E-state index contributed by atoms with van der Waals surface area (Å²) in [4.78, 5) is 34.6. The van der Waals surface area contributed by atoms with Gasteiger partial charge in [-0.1, -0.05) is 17.7 Å². The Labute approximate surface area is 174 Å². The fraction of sp³-hybridized carbons (Fsp3) is 0.348. The van der Waals surface area contributed by atoms with Gasteiger partial charge < -0.3 is 20.9 Å². The Hall–Kier alpha value is -3.35. The Morgan fingerprint density at radius 1 is 1.13 bits per heavy atom. The Kier molecular flexibility index (Phi) is 4.46. The van der Waals surface area contributed by atoms with Gasteiger partial charge in [-0.2, -0.15) is 0 Å². The van der Waals surface area contributed by atoms with Crippen LogP contribution >= 0.6 is 0 Å². The highest BCUT2D eigenvalue weighted by Gasteiger charge is 2.43. The summed E-state index contributed by atoms with van der Waals surface area (Å²) in [6.45, 7) is 2.02. The minimum atomic E-state index is -0.497. The fourth-order valence-corrected chi connectivity index (χ4v) is 5.03. The molecule has 5 rings (SSSR count). The zero-order valence-electron chi connectivity index (χ0n) is 16.9. The lowest BCUT2D eigenvalue weighted by Crippen LogP contribution is -2.49. The summed E-state index contributed by atoms with van der Waals surface area (Å²) >= 11 is 0. The number of benzene rings is 1. The van der Waals surface area contributed by atoms with Crippen molar-refractivity contribution in [3.05, 3.63) is 59.4 Å². The second kappa shape index (κ2) is 7.16. The smallest absolute Gasteiger partial charge is 0.254 e. The number of primary amides is 1. The van der Waals surface area contributed by atoms with Crippen LogP contribution in [0.25, 0.3) is 11.0 Å². The van der Waals surface area contributed by atoms with Crippen molar-refractivity contribution in [1.29, 1.82) is 0 Å². The third-order valence-electron chi connectivity index (χ3n) is 6.47. The van der Waals surface area contributed by atoms with E-state index < -0.39 is 5.91 Å². The zero-order chi connectivity index (χ0) is 20.8. The van der Waals surface area contributed by atoms with Gasteiger partial charge in [0, 0.05) is 41.5 Å². The molecule has 3 atom stereocenters. The first-order valence-corrected chi connectivity index (χ1v) is 10.4. The molecule has 2 amide bonds. The molecule has 7 heteroatoms. The highest BCUT2D eigenvalue weighted by molar-refractivity contribution is 6.06. The van der Waals surface area contributed by atoms with Crippen LogP contribution in [0.2, 0.25) is 0 Å². The van der Waals surface area contributed by atoms with Gasteiger partial charge in [-0.15, -0.1) is 0 Å². The van der Waals surface area contributed by atoms with Gasteiger partial charge in [-0.05, 0) is 50.8 Å². The van der Waals surface area contributed by atoms with E-state index in [1.807, 2.05) is 37.3 Å². The molecule has 7 nitrogen and oxygen atoms in total. The molecule has 2 fully saturated rings. The topological polar surface area (TPSA) is 104 Å². The standard InChI is InChI=1S/C23H25N5O2/c1-13-2-4-14(5-3-13)23(30)28-16-6-7-17(28)11-15(10-16)27-20-18-8-9-25-22(18)26-12-19(20)21(24)29/h2-5,8-9,12,15-17H,6-7,10-11H2,1H3,(H2,24,29)(H2,25,26,27)/t15-,16-,17+. The average Bonchev–Trinajstić information content (AvgIpc) is 3.31. The molecular weight excluding hydrogens is 378 g/mol. The normalized spacial score (nSPS) is 23.0. The summed E-state index contributed by atoms with van der Waals surface area (Å²) in [6.07, 6.45) is 7.05. The van der Waals surface area contributed by atoms with Crippen LogP contribution in [0.5, 0.6) is 0 Å². The lowest BCUT2D eigenvalue weighted by Gasteiger charge is -2.40. The van der Waals surface area contributed by atoms with E-state index in [1.54, 1.807) is 6.20 Å². The third kappa shape index (κ3) is 3.10. The predicted molar refractivity (Wildman–Crippen MR) is 115 cm³/mol. The van der Waals surface area contributed by atoms with Crippen LogP contribution in [0.15, 0.2) is 42.7 Å². The van der Waals surface area contributed by atoms with Gasteiger partial charge in [0.2, 0.25) is 0 Å². The Bertz CT molecular complexity index is 1110. The number of H-pyrrole nitrogens is 1. The summed E-state index contributed by atoms with van der Waals surface area (Å²) in [6, 6.07) is 10.3. The van der Waals surface area contributed by atoms with Crippen molar-refractivity contribution >= 4 is 28.5 Å². The Morgan fingerprint density at radius 3 is 2.50 bits per heavy atom. The van der Waals surface area contributed by atoms with E-state index in [4.69, 9.17) is 5.73 Å². The molecule has 0 spiro atoms. The molecule has 4 N–H and O–H groups in total. The van der Waals surface area contributed by atoms with Crippen molar-refractivity contribution in [2.45, 2.75) is 50.7 Å². The van der Waals surface area contributed by atoms with Gasteiger partial charge >= 0.3 is 0 Å². The molecule has 0 saturated carbocycles. The maximum absolute atomic E-state index is 13.2. The number of pyridine rings is 1. The van der Waals surface area contributed by atoms with Crippen LogP contribution in [0.4, 0.5) is 5.69 Å². The van der Waals surface area contributed by atoms with E-state index in [2.05, 4.69) is 20.2 Å². The minimum Gasteiger partial charge on any atom is -0.381 e. The first-order chi connectivity index (χ1) is 14.5. The molecule has 1 aromatic carbocycles. The highest BCUT2D eigenvalue weighted by atomic mass is 16.2. The summed E-state index contributed by atoms with van der Waals surface area (Å²) < 4.78 is 0. The Morgan fingerprint density at radius 2 is 1.83 bits per heavy atom. The van der Waals surface area contributed by atoms with E-state index in [1.165, 1.54) is 6.20 Å². The quantitative estimate of drug-likeness (QED) is 0.622. The maximum atomic E-state index is 13.2. The molecule has 0 unspecified atom stereocenters. The lowest BCUT2D eigenvalue weighted by atomic mass is 9.95. The number of nitrogens with one attached hydrogen (secondary N) is 2. The predicted octanol–water partition coefficient (Wildman–Crippen LogP) is 3.22. The van der Waals surface area contributed by atoms with Crippen LogP contribution in [0.1, 0.15) is 52.0 Å². The van der Waals surface area contributed by atoms with E-state index in [0.29, 0.717) is 5.56 Å². The largest absolute Gasteiger partial charge is 0.381 e. The van der Waals surface area contributed by atoms with Crippen molar-refractivity contribution in [2.24, 2.45) is 5.73 Å². The summed E-state index contributed by atoms with van der Waals surface area (Å²) in [5, 5.41) is 4.43. The van der Waals surface area contributed by atoms with Crippen molar-refractivity contribution in [1.82, 2.24) is 14.9 Å². The molecule has 2 aliphatic rings. The number of fused-ring (bicyclic) bond motifs is 3. The fourth-order valence-electron chi connectivity index (χ4n) is 5.03. The SMILES string of the molecule is Cc1ccc(C(=O)N2[C@@H]3CC[C@H]2C[C@H](Nc2c(C(N)=O)cnc4[nH]ccc24)C3)cc1. The number of hydrogen-bond acceptors (Lipinski definition) is 4. The van der Waals surface area contributed by atoms with Crippen LogP contribution in [-0.4, -0.2) is 44.8 Å². The molecule has 154 valence electrons. The zero-order valence-corrected chi connectivity index (χ0v) is 16.9. The molecule has 3 aromatic rings. The molecule has 2 aliphatic heterocycles. The molecule has 2 saturated heterocycles. The first kappa shape index (κ1) is 18.7. The number of anilines is 1. The van der Waals surface area contributed by atoms with E-state index in [-0.39, 0.29) is 24.0 Å². The minimum absolute atomic E-state index is 0.121. The number of piperidine rings is 1. The molecule has 30 heavy (non-hydrogen) atoms. The number of aromatic nitrogens is 2. The van der Waals surface area contributed by atoms with Crippen molar-refractivity contribution in [2.75, 3.05) is 5.32 Å². The summed E-state index contributed by atoms with van der Waals surface area (Å²) in [7, 11) is 0. The van der Waals surface area contributed by atoms with Crippen LogP contribution in [0.3, 0.4) is 0 Å². The van der Waals surface area contributed by atoms with Gasteiger partial charge in [-0.3, -0.25) is 9.59 Å². The van der Waals surface area contributed by atoms with Crippen LogP contribution in [-0.2, 0) is 0 Å². The van der Waals surface area contributed by atoms with Crippen molar-refractivity contribution < 1.29 is 9.59 Å².